The van der Waals surface area contributed by atoms with Crippen molar-refractivity contribution in [2.24, 2.45) is 45.1 Å². The lowest BCUT2D eigenvalue weighted by Crippen LogP contribution is -2.51. The maximum atomic E-state index is 13.0. The van der Waals surface area contributed by atoms with Crippen LogP contribution in [0.4, 0.5) is 0 Å². The van der Waals surface area contributed by atoms with Crippen molar-refractivity contribution >= 4 is 61.4 Å². The van der Waals surface area contributed by atoms with Gasteiger partial charge >= 0.3 is 0 Å². The van der Waals surface area contributed by atoms with Crippen molar-refractivity contribution in [1.29, 1.82) is 5.26 Å². The zero-order valence-electron chi connectivity index (χ0n) is 42.0. The van der Waals surface area contributed by atoms with Gasteiger partial charge in [0.1, 0.15) is 22.7 Å². The molecule has 4 heterocycles. The van der Waals surface area contributed by atoms with Crippen LogP contribution < -0.4 is 22.1 Å². The van der Waals surface area contributed by atoms with E-state index in [-0.39, 0.29) is 43.5 Å². The van der Waals surface area contributed by atoms with Crippen LogP contribution in [0, 0.1) is 48.9 Å². The number of aliphatic imine (C=N–C) groups is 2. The van der Waals surface area contributed by atoms with E-state index in [1.54, 1.807) is 24.3 Å². The number of aryl methyl sites for hydroxylation is 3. The number of amidine groups is 2. The third-order valence-corrected chi connectivity index (χ3v) is 18.6. The summed E-state index contributed by atoms with van der Waals surface area (Å²) in [6.45, 7) is 10.9. The molecule has 6 N–H and O–H groups in total. The monoisotopic (exact) mass is 1020 g/mol. The second kappa shape index (κ2) is 23.5. The van der Waals surface area contributed by atoms with Gasteiger partial charge < -0.3 is 22.1 Å². The fourth-order valence-electron chi connectivity index (χ4n) is 10.7. The quantitative estimate of drug-likeness (QED) is 0.207. The first kappa shape index (κ1) is 55.0. The molecule has 386 valence electrons. The molecule has 6 aliphatic rings. The van der Waals surface area contributed by atoms with Gasteiger partial charge in [-0.15, -0.1) is 0 Å². The van der Waals surface area contributed by atoms with Crippen LogP contribution in [0.3, 0.4) is 0 Å². The van der Waals surface area contributed by atoms with Gasteiger partial charge in [0.25, 0.3) is 11.8 Å². The van der Waals surface area contributed by atoms with Crippen molar-refractivity contribution in [3.63, 3.8) is 0 Å². The summed E-state index contributed by atoms with van der Waals surface area (Å²) in [5.74, 6) is 2.77. The number of sulfonamides is 2. The van der Waals surface area contributed by atoms with Crippen LogP contribution in [-0.4, -0.2) is 104 Å². The number of carbonyl (C=O) groups is 4. The molecule has 2 aliphatic carbocycles. The van der Waals surface area contributed by atoms with E-state index in [4.69, 9.17) is 26.7 Å². The molecule has 0 unspecified atom stereocenters. The molecule has 0 radical (unpaired) electrons. The Morgan fingerprint density at radius 2 is 1.14 bits per heavy atom. The van der Waals surface area contributed by atoms with Crippen molar-refractivity contribution in [3.8, 4) is 6.07 Å². The van der Waals surface area contributed by atoms with E-state index < -0.39 is 42.9 Å². The molecule has 2 aromatic carbocycles. The van der Waals surface area contributed by atoms with Gasteiger partial charge in [0.15, 0.2) is 0 Å². The number of piperidine rings is 2. The maximum absolute atomic E-state index is 13.0. The van der Waals surface area contributed by atoms with Crippen molar-refractivity contribution in [1.82, 2.24) is 19.2 Å². The maximum Gasteiger partial charge on any atom is 0.253 e. The lowest BCUT2D eigenvalue weighted by Gasteiger charge is -2.34. The number of hydrogen-bond acceptors (Lipinski definition) is 11. The molecule has 17 nitrogen and oxygen atoms in total. The number of amides is 4. The highest BCUT2D eigenvalue weighted by atomic mass is 32.2. The normalized spacial score (nSPS) is 24.4. The van der Waals surface area contributed by atoms with E-state index in [0.717, 1.165) is 108 Å². The number of benzene rings is 2. The average molecular weight is 1020 g/mol. The topological polar surface area (TPSA) is 268 Å². The summed E-state index contributed by atoms with van der Waals surface area (Å²) in [4.78, 5) is 57.6. The first-order chi connectivity index (χ1) is 33.6. The number of carbonyl (C=O) groups excluding carboxylic acids is 4. The van der Waals surface area contributed by atoms with Gasteiger partial charge in [-0.3, -0.25) is 29.2 Å². The van der Waals surface area contributed by atoms with E-state index >= 15 is 0 Å². The lowest BCUT2D eigenvalue weighted by atomic mass is 9.82. The van der Waals surface area contributed by atoms with Crippen LogP contribution in [0.1, 0.15) is 131 Å². The smallest absolute Gasteiger partial charge is 0.253 e. The number of nitrogens with two attached hydrogens (primary N) is 2. The highest BCUT2D eigenvalue weighted by Crippen LogP contribution is 2.38. The Balaban J connectivity index is 0.000000220. The van der Waals surface area contributed by atoms with Crippen molar-refractivity contribution in [2.75, 3.05) is 31.9 Å². The van der Waals surface area contributed by atoms with E-state index in [9.17, 15) is 36.0 Å². The standard InChI is InChI=1S/C25H36N4O4S.C25H34N4O4S.C2H3N/c2*1-17-3-6-21(7-4-17)23-27-24(31)25(28-23)10-12-29(13-11-25)34(32,33)14-9-20-8-5-19(15-18(20)2)16-22(26)30;1-2-3/h5,8,15,17,21H,3-4,6-7,9-14,16H2,1-2H3,(H2,26,30)(H,27,28,31);5,8-9,14-15,17,21H,3-4,6-7,10-13,16H2,1-2H3,(H2,26,30)(H,27,28,31);1H3/b;14-9+;. The number of nitrogens with zero attached hydrogens (tertiary/aromatic N) is 5. The predicted molar refractivity (Wildman–Crippen MR) is 275 cm³/mol. The first-order valence-electron chi connectivity index (χ1n) is 25.1. The molecule has 2 saturated heterocycles. The second-order valence-electron chi connectivity index (χ2n) is 20.6. The van der Waals surface area contributed by atoms with Crippen LogP contribution in [0.25, 0.3) is 6.08 Å². The van der Waals surface area contributed by atoms with Gasteiger partial charge in [-0.05, 0) is 123 Å². The van der Waals surface area contributed by atoms with E-state index in [1.165, 1.54) is 20.9 Å². The highest BCUT2D eigenvalue weighted by molar-refractivity contribution is 7.92. The Hall–Kier alpha value is -5.29. The van der Waals surface area contributed by atoms with Gasteiger partial charge in [0, 0.05) is 50.3 Å². The summed E-state index contributed by atoms with van der Waals surface area (Å²) in [5.41, 5.74) is 14.0. The summed E-state index contributed by atoms with van der Waals surface area (Å²) >= 11 is 0. The predicted octanol–water partition coefficient (Wildman–Crippen LogP) is 5.13. The average Bonchev–Trinajstić information content (AvgIpc) is 3.80. The van der Waals surface area contributed by atoms with Gasteiger partial charge in [-0.25, -0.2) is 21.1 Å². The Labute approximate surface area is 420 Å². The van der Waals surface area contributed by atoms with Crippen LogP contribution >= 0.6 is 0 Å². The third-order valence-electron chi connectivity index (χ3n) is 15.2. The Kier molecular flexibility index (Phi) is 18.2. The lowest BCUT2D eigenvalue weighted by molar-refractivity contribution is -0.125. The molecule has 71 heavy (non-hydrogen) atoms. The molecule has 2 saturated carbocycles. The molecule has 8 rings (SSSR count). The number of primary amides is 2. The van der Waals surface area contributed by atoms with Crippen LogP contribution in [-0.2, 0) is 58.5 Å². The first-order valence-corrected chi connectivity index (χ1v) is 28.2. The van der Waals surface area contributed by atoms with E-state index in [0.29, 0.717) is 57.0 Å². The third kappa shape index (κ3) is 14.0. The molecule has 2 aromatic rings. The van der Waals surface area contributed by atoms with Crippen molar-refractivity contribution in [3.05, 3.63) is 75.2 Å². The summed E-state index contributed by atoms with van der Waals surface area (Å²) in [5, 5.41) is 14.6. The molecule has 2 spiro atoms. The molecule has 0 bridgehead atoms. The van der Waals surface area contributed by atoms with Gasteiger partial charge in [-0.1, -0.05) is 75.9 Å². The minimum Gasteiger partial charge on any atom is -0.369 e. The molecule has 4 amide bonds. The van der Waals surface area contributed by atoms with E-state index in [1.807, 2.05) is 38.1 Å². The SMILES string of the molecule is CC#N.Cc1cc(CC(N)=O)ccc1/C=C/S(=O)(=O)N1CCC2(CC1)N=C(C1CCC(C)CC1)NC2=O.Cc1cc(CC(N)=O)ccc1CCS(=O)(=O)N1CCC2(CC1)N=C(C1CCC(C)CC1)NC2=O. The highest BCUT2D eigenvalue weighted by Gasteiger charge is 2.50. The Morgan fingerprint density at radius 3 is 1.56 bits per heavy atom. The molecule has 4 fully saturated rings. The van der Waals surface area contributed by atoms with Crippen LogP contribution in [0.2, 0.25) is 0 Å². The molecule has 4 aliphatic heterocycles. The largest absolute Gasteiger partial charge is 0.369 e. The molecular weight excluding hydrogens is 943 g/mol. The van der Waals surface area contributed by atoms with Crippen LogP contribution in [0.5, 0.6) is 0 Å². The Bertz CT molecular complexity index is 2660. The van der Waals surface area contributed by atoms with E-state index in [2.05, 4.69) is 24.5 Å². The molecular formula is C52H73N9O8S2. The molecule has 0 atom stereocenters. The van der Waals surface area contributed by atoms with Gasteiger partial charge in [-0.2, -0.15) is 9.57 Å². The summed E-state index contributed by atoms with van der Waals surface area (Å²) in [6, 6.07) is 12.7. The van der Waals surface area contributed by atoms with Crippen molar-refractivity contribution < 1.29 is 36.0 Å². The number of rotatable bonds is 13. The van der Waals surface area contributed by atoms with Gasteiger partial charge in [0.05, 0.1) is 24.7 Å². The summed E-state index contributed by atoms with van der Waals surface area (Å²) in [7, 11) is -7.08. The molecule has 19 heteroatoms. The fourth-order valence-corrected chi connectivity index (χ4v) is 13.3. The van der Waals surface area contributed by atoms with Crippen molar-refractivity contribution in [2.45, 2.75) is 142 Å². The summed E-state index contributed by atoms with van der Waals surface area (Å²) < 4.78 is 54.9. The number of hydrogen-bond donors (Lipinski definition) is 4. The molecule has 0 aromatic heterocycles. The minimum absolute atomic E-state index is 0.0109. The zero-order chi connectivity index (χ0) is 51.7. The van der Waals surface area contributed by atoms with Crippen LogP contribution in [0.15, 0.2) is 51.8 Å². The fraction of sp³-hybridized carbons (Fsp3) is 0.596. The number of nitriles is 1. The Morgan fingerprint density at radius 1 is 0.718 bits per heavy atom. The summed E-state index contributed by atoms with van der Waals surface area (Å²) in [6.07, 6.45) is 12.7. The van der Waals surface area contributed by atoms with Gasteiger partial charge in [0.2, 0.25) is 31.9 Å². The number of nitrogens with one attached hydrogen (secondary N) is 2. The zero-order valence-corrected chi connectivity index (χ0v) is 43.7. The minimum atomic E-state index is -3.63. The second-order valence-corrected chi connectivity index (χ2v) is 24.5.